The van der Waals surface area contributed by atoms with E-state index >= 15 is 0 Å². The lowest BCUT2D eigenvalue weighted by atomic mass is 9.89. The number of ketones is 1. The van der Waals surface area contributed by atoms with Gasteiger partial charge in [-0.05, 0) is 52.5 Å². The van der Waals surface area contributed by atoms with E-state index in [4.69, 9.17) is 0 Å². The smallest absolute Gasteiger partial charge is 0.268 e. The van der Waals surface area contributed by atoms with Gasteiger partial charge in [0.05, 0.1) is 10.4 Å². The van der Waals surface area contributed by atoms with E-state index in [1.54, 1.807) is 18.3 Å². The molecule has 5 heteroatoms. The van der Waals surface area contributed by atoms with Gasteiger partial charge in [-0.15, -0.1) is 0 Å². The molecule has 0 bridgehead atoms. The first-order valence-electron chi connectivity index (χ1n) is 11.1. The molecule has 0 radical (unpaired) electrons. The molecule has 0 spiro atoms. The first-order chi connectivity index (χ1) is 14.5. The summed E-state index contributed by atoms with van der Waals surface area (Å²) < 4.78 is 29.8. The SMILES string of the molecule is CC(C)c1cc(C(C)C)c(S(=O)(=O)n2cc3c4c(cccc42)C(=O)CC3)c(C(C)C)c1. The maximum atomic E-state index is 14.2. The molecule has 0 saturated carbocycles. The molecular weight excluding hydrogens is 406 g/mol. The molecule has 0 saturated heterocycles. The average Bonchev–Trinajstić information content (AvgIpc) is 3.10. The van der Waals surface area contributed by atoms with Crippen molar-refractivity contribution in [1.29, 1.82) is 0 Å². The van der Waals surface area contributed by atoms with Crippen LogP contribution in [0.4, 0.5) is 0 Å². The summed E-state index contributed by atoms with van der Waals surface area (Å²) in [6.07, 6.45) is 2.74. The van der Waals surface area contributed by atoms with Gasteiger partial charge in [-0.25, -0.2) is 12.4 Å². The monoisotopic (exact) mass is 437 g/mol. The third-order valence-electron chi connectivity index (χ3n) is 6.39. The summed E-state index contributed by atoms with van der Waals surface area (Å²) >= 11 is 0. The summed E-state index contributed by atoms with van der Waals surface area (Å²) in [5, 5.41) is 0.790. The number of benzene rings is 2. The molecule has 31 heavy (non-hydrogen) atoms. The van der Waals surface area contributed by atoms with E-state index < -0.39 is 10.0 Å². The van der Waals surface area contributed by atoms with Crippen LogP contribution >= 0.6 is 0 Å². The minimum atomic E-state index is -3.85. The maximum absolute atomic E-state index is 14.2. The number of carbonyl (C=O) groups excluding carboxylic acids is 1. The van der Waals surface area contributed by atoms with Gasteiger partial charge in [0, 0.05) is 23.6 Å². The van der Waals surface area contributed by atoms with Crippen LogP contribution in [-0.4, -0.2) is 18.2 Å². The second-order valence-corrected chi connectivity index (χ2v) is 11.3. The van der Waals surface area contributed by atoms with Gasteiger partial charge in [-0.1, -0.05) is 65.8 Å². The molecule has 1 aliphatic carbocycles. The van der Waals surface area contributed by atoms with Gasteiger partial charge in [-0.2, -0.15) is 0 Å². The van der Waals surface area contributed by atoms with Gasteiger partial charge >= 0.3 is 0 Å². The Morgan fingerprint density at radius 3 is 2.03 bits per heavy atom. The molecule has 1 aliphatic rings. The van der Waals surface area contributed by atoms with E-state index in [1.807, 2.05) is 33.8 Å². The van der Waals surface area contributed by atoms with E-state index in [0.29, 0.717) is 34.7 Å². The topological polar surface area (TPSA) is 56.1 Å². The summed E-state index contributed by atoms with van der Waals surface area (Å²) in [7, 11) is -3.85. The van der Waals surface area contributed by atoms with Crippen molar-refractivity contribution in [3.8, 4) is 0 Å². The van der Waals surface area contributed by atoms with Crippen LogP contribution in [0.3, 0.4) is 0 Å². The Kier molecular flexibility index (Phi) is 5.37. The summed E-state index contributed by atoms with van der Waals surface area (Å²) in [6, 6.07) is 9.53. The fraction of sp³-hybridized carbons (Fsp3) is 0.423. The van der Waals surface area contributed by atoms with Crippen molar-refractivity contribution in [2.75, 3.05) is 0 Å². The molecule has 0 amide bonds. The van der Waals surface area contributed by atoms with Gasteiger partial charge < -0.3 is 0 Å². The number of aryl methyl sites for hydroxylation is 1. The van der Waals surface area contributed by atoms with Crippen molar-refractivity contribution in [3.63, 3.8) is 0 Å². The van der Waals surface area contributed by atoms with Crippen molar-refractivity contribution in [3.05, 3.63) is 64.3 Å². The Balaban J connectivity index is 2.07. The predicted octanol–water partition coefficient (Wildman–Crippen LogP) is 6.38. The largest absolute Gasteiger partial charge is 0.294 e. The van der Waals surface area contributed by atoms with Crippen molar-refractivity contribution < 1.29 is 13.2 Å². The standard InChI is InChI=1S/C26H31NO3S/c1-15(2)19-12-21(16(3)4)26(22(13-19)17(5)6)31(29,30)27-14-18-10-11-24(28)20-8-7-9-23(27)25(18)20/h7-9,12-17H,10-11H2,1-6H3. The highest BCUT2D eigenvalue weighted by atomic mass is 32.2. The fourth-order valence-corrected chi connectivity index (χ4v) is 6.69. The minimum absolute atomic E-state index is 0.0649. The zero-order valence-electron chi connectivity index (χ0n) is 19.2. The van der Waals surface area contributed by atoms with Crippen LogP contribution in [0.5, 0.6) is 0 Å². The van der Waals surface area contributed by atoms with Gasteiger partial charge in [0.15, 0.2) is 5.78 Å². The summed E-state index contributed by atoms with van der Waals surface area (Å²) in [4.78, 5) is 12.8. The van der Waals surface area contributed by atoms with Gasteiger partial charge in [0.2, 0.25) is 0 Å². The summed E-state index contributed by atoms with van der Waals surface area (Å²) in [6.45, 7) is 12.5. The molecule has 0 fully saturated rings. The molecule has 0 atom stereocenters. The number of Topliss-reactive ketones (excluding diaryl/α,β-unsaturated/α-hetero) is 1. The minimum Gasteiger partial charge on any atom is -0.294 e. The molecule has 1 aromatic heterocycles. The summed E-state index contributed by atoms with van der Waals surface area (Å²) in [5.74, 6) is 0.527. The third-order valence-corrected chi connectivity index (χ3v) is 8.20. The number of rotatable bonds is 5. The van der Waals surface area contributed by atoms with Crippen molar-refractivity contribution in [2.45, 2.75) is 77.0 Å². The van der Waals surface area contributed by atoms with Gasteiger partial charge in [-0.3, -0.25) is 4.79 Å². The quantitative estimate of drug-likeness (QED) is 0.465. The predicted molar refractivity (Wildman–Crippen MR) is 126 cm³/mol. The first-order valence-corrected chi connectivity index (χ1v) is 12.6. The highest BCUT2D eigenvalue weighted by Crippen LogP contribution is 2.39. The van der Waals surface area contributed by atoms with Crippen LogP contribution in [0, 0.1) is 0 Å². The lowest BCUT2D eigenvalue weighted by Crippen LogP contribution is -2.18. The van der Waals surface area contributed by atoms with Crippen molar-refractivity contribution in [2.24, 2.45) is 0 Å². The normalized spacial score (nSPS) is 14.4. The van der Waals surface area contributed by atoms with E-state index in [1.165, 1.54) is 3.97 Å². The third kappa shape index (κ3) is 3.43. The molecule has 1 heterocycles. The second-order valence-electron chi connectivity index (χ2n) is 9.57. The van der Waals surface area contributed by atoms with Crippen LogP contribution in [0.2, 0.25) is 0 Å². The van der Waals surface area contributed by atoms with Crippen LogP contribution in [0.25, 0.3) is 10.9 Å². The number of aromatic nitrogens is 1. The Morgan fingerprint density at radius 1 is 0.871 bits per heavy atom. The molecule has 0 aliphatic heterocycles. The fourth-order valence-electron chi connectivity index (χ4n) is 4.63. The van der Waals surface area contributed by atoms with E-state index in [0.717, 1.165) is 27.6 Å². The van der Waals surface area contributed by atoms with Crippen LogP contribution in [-0.2, 0) is 16.4 Å². The summed E-state index contributed by atoms with van der Waals surface area (Å²) in [5.41, 5.74) is 5.05. The number of nitrogens with zero attached hydrogens (tertiary/aromatic N) is 1. The highest BCUT2D eigenvalue weighted by Gasteiger charge is 2.31. The molecule has 3 aromatic rings. The van der Waals surface area contributed by atoms with Crippen LogP contribution in [0.15, 0.2) is 41.4 Å². The Morgan fingerprint density at radius 2 is 1.48 bits per heavy atom. The van der Waals surface area contributed by atoms with Gasteiger partial charge in [0.1, 0.15) is 0 Å². The first kappa shape index (κ1) is 21.8. The average molecular weight is 438 g/mol. The van der Waals surface area contributed by atoms with E-state index in [-0.39, 0.29) is 17.6 Å². The molecule has 0 unspecified atom stereocenters. The highest BCUT2D eigenvalue weighted by molar-refractivity contribution is 7.90. The molecule has 164 valence electrons. The maximum Gasteiger partial charge on any atom is 0.268 e. The Hall–Kier alpha value is -2.40. The van der Waals surface area contributed by atoms with Crippen molar-refractivity contribution >= 4 is 26.7 Å². The Labute approximate surface area is 185 Å². The van der Waals surface area contributed by atoms with Crippen LogP contribution < -0.4 is 0 Å². The molecule has 0 N–H and O–H groups in total. The lowest BCUT2D eigenvalue weighted by molar-refractivity contribution is 0.0982. The van der Waals surface area contributed by atoms with E-state index in [9.17, 15) is 13.2 Å². The van der Waals surface area contributed by atoms with Crippen molar-refractivity contribution in [1.82, 2.24) is 3.97 Å². The molecule has 4 rings (SSSR count). The molecule has 2 aromatic carbocycles. The van der Waals surface area contributed by atoms with Crippen LogP contribution in [0.1, 0.15) is 98.3 Å². The Bertz CT molecular complexity index is 1260. The second kappa shape index (κ2) is 7.63. The number of hydrogen-bond acceptors (Lipinski definition) is 3. The zero-order chi connectivity index (χ0) is 22.7. The number of carbonyl (C=O) groups is 1. The van der Waals surface area contributed by atoms with E-state index in [2.05, 4.69) is 26.0 Å². The number of hydrogen-bond donors (Lipinski definition) is 0. The molecule has 4 nitrogen and oxygen atoms in total. The molecular formula is C26H31NO3S. The van der Waals surface area contributed by atoms with Gasteiger partial charge in [0.25, 0.3) is 10.0 Å². The lowest BCUT2D eigenvalue weighted by Gasteiger charge is -2.23. The zero-order valence-corrected chi connectivity index (χ0v) is 20.0.